The molecule has 0 unspecified atom stereocenters. The average Bonchev–Trinajstić information content (AvgIpc) is 3.06. The van der Waals surface area contributed by atoms with Crippen molar-refractivity contribution in [3.63, 3.8) is 0 Å². The third-order valence-electron chi connectivity index (χ3n) is 10.3. The van der Waals surface area contributed by atoms with E-state index in [1.54, 1.807) is 6.92 Å². The van der Waals surface area contributed by atoms with E-state index in [0.29, 0.717) is 0 Å². The lowest BCUT2D eigenvalue weighted by Crippen LogP contribution is -2.73. The van der Waals surface area contributed by atoms with Crippen LogP contribution in [0.25, 0.3) is 0 Å². The minimum atomic E-state index is -3.23. The van der Waals surface area contributed by atoms with Crippen LogP contribution in [0.4, 0.5) is 0 Å². The Balaban J connectivity index is 1.51. The van der Waals surface area contributed by atoms with Crippen LogP contribution in [0.5, 0.6) is 11.5 Å². The Bertz CT molecular complexity index is 1940. The molecule has 0 spiro atoms. The molecule has 2 aromatic carbocycles. The maximum atomic E-state index is 14.6. The number of methoxy groups -OCH3 is 3. The number of fused-ring (bicyclic) bond motifs is 5. The van der Waals surface area contributed by atoms with Gasteiger partial charge in [0.15, 0.2) is 23.2 Å². The quantitative estimate of drug-likeness (QED) is 0.209. The van der Waals surface area contributed by atoms with Crippen molar-refractivity contribution in [2.24, 2.45) is 0 Å². The van der Waals surface area contributed by atoms with Gasteiger partial charge in [0, 0.05) is 50.5 Å². The number of allylic oxidation sites excluding steroid dienone is 2. The summed E-state index contributed by atoms with van der Waals surface area (Å²) in [6.45, 7) is 4.51. The molecule has 0 radical (unpaired) electrons. The fourth-order valence-corrected chi connectivity index (χ4v) is 7.95. The number of hydrogen-bond donors (Lipinski definition) is 6. The molecule has 51 heavy (non-hydrogen) atoms. The number of aryl methyl sites for hydroxylation is 1. The van der Waals surface area contributed by atoms with Gasteiger partial charge in [-0.2, -0.15) is 0 Å². The summed E-state index contributed by atoms with van der Waals surface area (Å²) in [6, 6.07) is 2.20. The summed E-state index contributed by atoms with van der Waals surface area (Å²) in [7, 11) is 3.58. The van der Waals surface area contributed by atoms with E-state index < -0.39 is 128 Å². The van der Waals surface area contributed by atoms with E-state index in [1.807, 2.05) is 0 Å². The second kappa shape index (κ2) is 12.6. The van der Waals surface area contributed by atoms with E-state index in [4.69, 9.17) is 23.7 Å². The number of carbonyl (C=O) groups is 5. The molecule has 0 aromatic heterocycles. The standard InChI is InChI=1S/C35H37NO15/c1-7-50-33(45)20-12(2)8-14-9-19(38)35(49-6)31(44)22-16(30(43)34(35,46)23(14)26(20)41)10-15-21(25(22)40)18(37)11-17(24(15)39)36-32-29(48-5)27(42)28(47-4)13(3)51-32/h8,10-11,13,19,27-29,32,36,38,40-42,46H,7,9H2,1-6H3/t13-,19+,27+,28-,29+,32-,34-,35+/m0/s1. The highest BCUT2D eigenvalue weighted by molar-refractivity contribution is 6.31. The smallest absolute Gasteiger partial charge is 0.342 e. The molecule has 3 aliphatic carbocycles. The maximum absolute atomic E-state index is 14.6. The van der Waals surface area contributed by atoms with Crippen LogP contribution in [0.2, 0.25) is 0 Å². The van der Waals surface area contributed by atoms with E-state index in [2.05, 4.69) is 5.32 Å². The van der Waals surface area contributed by atoms with Gasteiger partial charge >= 0.3 is 5.97 Å². The monoisotopic (exact) mass is 711 g/mol. The van der Waals surface area contributed by atoms with Gasteiger partial charge in [0.1, 0.15) is 35.4 Å². The summed E-state index contributed by atoms with van der Waals surface area (Å²) < 4.78 is 27.1. The van der Waals surface area contributed by atoms with Crippen LogP contribution in [0, 0.1) is 6.92 Å². The maximum Gasteiger partial charge on any atom is 0.342 e. The first-order valence-corrected chi connectivity index (χ1v) is 16.0. The third kappa shape index (κ3) is 4.75. The van der Waals surface area contributed by atoms with Gasteiger partial charge in [-0.25, -0.2) is 4.79 Å². The van der Waals surface area contributed by atoms with E-state index in [0.717, 1.165) is 19.3 Å². The first-order valence-electron chi connectivity index (χ1n) is 16.0. The molecular formula is C35H37NO15. The first kappa shape index (κ1) is 36.2. The number of ether oxygens (including phenoxy) is 5. The van der Waals surface area contributed by atoms with Gasteiger partial charge < -0.3 is 54.5 Å². The van der Waals surface area contributed by atoms with Crippen molar-refractivity contribution >= 4 is 29.1 Å². The Hall–Kier alpha value is -4.55. The number of rotatable bonds is 7. The number of phenols is 2. The molecule has 8 atom stereocenters. The predicted octanol–water partition coefficient (Wildman–Crippen LogP) is 0.140. The van der Waals surface area contributed by atoms with Crippen LogP contribution in [0.15, 0.2) is 23.9 Å². The molecule has 4 aliphatic rings. The molecular weight excluding hydrogens is 674 g/mol. The van der Waals surface area contributed by atoms with Gasteiger partial charge in [-0.05, 0) is 38.0 Å². The van der Waals surface area contributed by atoms with Crippen LogP contribution in [-0.2, 0) is 35.7 Å². The van der Waals surface area contributed by atoms with Crippen LogP contribution in [0.1, 0.15) is 82.3 Å². The first-order chi connectivity index (χ1) is 24.1. The fraction of sp³-hybridized carbons (Fsp3) is 0.457. The second-order valence-electron chi connectivity index (χ2n) is 12.8. The number of esters is 1. The van der Waals surface area contributed by atoms with Crippen molar-refractivity contribution in [2.75, 3.05) is 27.9 Å². The SMILES string of the molecule is CCOC(=O)c1c(C)cc2c(c1O)[C@]1(O)C(=O)c3cc4c(c(O)c3C(=O)[C@]1(OC)[C@H](O)C2)C(=O)C=C(N[C@H]1O[C@@H](C)[C@H](OC)[C@@H](O)[C@H]1OC)C4=O. The normalized spacial score (nSPS) is 31.3. The molecule has 1 heterocycles. The number of aliphatic hydroxyl groups excluding tert-OH is 2. The van der Waals surface area contributed by atoms with Crippen molar-refractivity contribution in [1.29, 1.82) is 0 Å². The van der Waals surface area contributed by atoms with Gasteiger partial charge in [0.2, 0.25) is 17.3 Å². The Labute approximate surface area is 290 Å². The van der Waals surface area contributed by atoms with Crippen molar-refractivity contribution in [3.05, 3.63) is 68.4 Å². The number of carbonyl (C=O) groups excluding carboxylic acids is 5. The molecule has 16 heteroatoms. The number of aliphatic hydroxyl groups is 3. The Kier molecular flexibility index (Phi) is 8.95. The van der Waals surface area contributed by atoms with Gasteiger partial charge in [0.25, 0.3) is 0 Å². The number of ketones is 4. The van der Waals surface area contributed by atoms with Crippen molar-refractivity contribution < 1.29 is 73.2 Å². The summed E-state index contributed by atoms with van der Waals surface area (Å²) in [4.78, 5) is 69.5. The summed E-state index contributed by atoms with van der Waals surface area (Å²) in [5.74, 6) is -7.62. The molecule has 1 aliphatic heterocycles. The van der Waals surface area contributed by atoms with E-state index in [-0.39, 0.29) is 23.4 Å². The minimum absolute atomic E-state index is 0.000450. The molecule has 6 N–H and O–H groups in total. The number of nitrogens with one attached hydrogen (secondary N) is 1. The van der Waals surface area contributed by atoms with Crippen molar-refractivity contribution in [2.45, 2.75) is 75.1 Å². The number of aromatic hydroxyl groups is 2. The largest absolute Gasteiger partial charge is 0.507 e. The summed E-state index contributed by atoms with van der Waals surface area (Å²) in [6.07, 6.45) is -6.55. The van der Waals surface area contributed by atoms with Crippen LogP contribution < -0.4 is 5.32 Å². The molecule has 1 fully saturated rings. The zero-order chi connectivity index (χ0) is 37.5. The number of Topliss-reactive ketones (excluding diaryl/α,β-unsaturated/α-hetero) is 3. The van der Waals surface area contributed by atoms with Gasteiger partial charge in [0.05, 0.1) is 35.6 Å². The molecule has 16 nitrogen and oxygen atoms in total. The summed E-state index contributed by atoms with van der Waals surface area (Å²) in [5.41, 5.74) is -10.1. The average molecular weight is 712 g/mol. The predicted molar refractivity (Wildman–Crippen MR) is 171 cm³/mol. The third-order valence-corrected chi connectivity index (χ3v) is 10.3. The highest BCUT2D eigenvalue weighted by Crippen LogP contribution is 2.56. The molecule has 1 saturated heterocycles. The van der Waals surface area contributed by atoms with E-state index >= 15 is 0 Å². The van der Waals surface area contributed by atoms with Crippen LogP contribution >= 0.6 is 0 Å². The highest BCUT2D eigenvalue weighted by atomic mass is 16.6. The van der Waals surface area contributed by atoms with Crippen LogP contribution in [0.3, 0.4) is 0 Å². The molecule has 6 rings (SSSR count). The molecule has 2 aromatic rings. The highest BCUT2D eigenvalue weighted by Gasteiger charge is 2.72. The van der Waals surface area contributed by atoms with Crippen molar-refractivity contribution in [3.8, 4) is 11.5 Å². The number of benzene rings is 2. The zero-order valence-corrected chi connectivity index (χ0v) is 28.4. The second-order valence-corrected chi connectivity index (χ2v) is 12.8. The summed E-state index contributed by atoms with van der Waals surface area (Å²) in [5, 5.41) is 60.5. The van der Waals surface area contributed by atoms with Crippen molar-refractivity contribution in [1.82, 2.24) is 5.32 Å². The lowest BCUT2D eigenvalue weighted by atomic mass is 9.56. The fourth-order valence-electron chi connectivity index (χ4n) is 7.95. The molecule has 0 amide bonds. The number of phenolic OH excluding ortho intramolecular Hbond substituents is 2. The summed E-state index contributed by atoms with van der Waals surface area (Å²) >= 11 is 0. The lowest BCUT2D eigenvalue weighted by Gasteiger charge is -2.52. The minimum Gasteiger partial charge on any atom is -0.507 e. The molecule has 272 valence electrons. The topological polar surface area (TPSA) is 245 Å². The van der Waals surface area contributed by atoms with Gasteiger partial charge in [-0.3, -0.25) is 19.2 Å². The van der Waals surface area contributed by atoms with Gasteiger partial charge in [-0.15, -0.1) is 0 Å². The zero-order valence-electron chi connectivity index (χ0n) is 28.4. The number of hydrogen-bond acceptors (Lipinski definition) is 16. The van der Waals surface area contributed by atoms with Crippen LogP contribution in [-0.4, -0.2) is 125 Å². The van der Waals surface area contributed by atoms with E-state index in [9.17, 15) is 49.5 Å². The lowest BCUT2D eigenvalue weighted by molar-refractivity contribution is -0.236. The Morgan fingerprint density at radius 3 is 2.25 bits per heavy atom. The molecule has 0 saturated carbocycles. The molecule has 0 bridgehead atoms. The Morgan fingerprint density at radius 2 is 1.65 bits per heavy atom. The van der Waals surface area contributed by atoms with Gasteiger partial charge in [-0.1, -0.05) is 6.07 Å². The Morgan fingerprint density at radius 1 is 0.980 bits per heavy atom. The van der Waals surface area contributed by atoms with E-state index in [1.165, 1.54) is 34.1 Å².